The number of Topliss-reactive ketones (excluding diaryl/α,β-unsaturated/α-hetero) is 1. The number of rotatable bonds is 3. The molecular formula is C11H11N3OS. The van der Waals surface area contributed by atoms with Gasteiger partial charge in [-0.25, -0.2) is 4.98 Å². The van der Waals surface area contributed by atoms with E-state index in [9.17, 15) is 4.79 Å². The maximum Gasteiger partial charge on any atom is 0.171 e. The molecule has 0 aromatic carbocycles. The molecule has 0 aliphatic rings. The van der Waals surface area contributed by atoms with E-state index in [1.807, 2.05) is 6.92 Å². The van der Waals surface area contributed by atoms with Gasteiger partial charge in [0.2, 0.25) is 0 Å². The Balaban J connectivity index is 2.48. The van der Waals surface area contributed by atoms with Crippen LogP contribution in [-0.2, 0) is 6.42 Å². The second-order valence-electron chi connectivity index (χ2n) is 3.30. The van der Waals surface area contributed by atoms with E-state index in [2.05, 4.69) is 15.0 Å². The SMILES string of the molecule is CCc1nc(-c2cnccn2)sc1C(C)=O. The van der Waals surface area contributed by atoms with E-state index in [0.29, 0.717) is 0 Å². The molecule has 0 saturated carbocycles. The number of carbonyl (C=O) groups is 1. The highest BCUT2D eigenvalue weighted by molar-refractivity contribution is 7.17. The summed E-state index contributed by atoms with van der Waals surface area (Å²) >= 11 is 1.38. The molecule has 16 heavy (non-hydrogen) atoms. The van der Waals surface area contributed by atoms with Crippen LogP contribution in [0.1, 0.15) is 29.2 Å². The Morgan fingerprint density at radius 3 is 2.75 bits per heavy atom. The predicted molar refractivity (Wildman–Crippen MR) is 62.5 cm³/mol. The largest absolute Gasteiger partial charge is 0.294 e. The second-order valence-corrected chi connectivity index (χ2v) is 4.29. The highest BCUT2D eigenvalue weighted by Crippen LogP contribution is 2.26. The van der Waals surface area contributed by atoms with Crippen LogP contribution < -0.4 is 0 Å². The topological polar surface area (TPSA) is 55.7 Å². The van der Waals surface area contributed by atoms with Crippen LogP contribution in [0.3, 0.4) is 0 Å². The van der Waals surface area contributed by atoms with Gasteiger partial charge in [-0.1, -0.05) is 6.92 Å². The molecule has 2 rings (SSSR count). The molecule has 0 fully saturated rings. The molecule has 0 amide bonds. The summed E-state index contributed by atoms with van der Waals surface area (Å²) in [6.07, 6.45) is 5.65. The fraction of sp³-hybridized carbons (Fsp3) is 0.273. The summed E-state index contributed by atoms with van der Waals surface area (Å²) in [6.45, 7) is 3.55. The number of hydrogen-bond donors (Lipinski definition) is 0. The number of aryl methyl sites for hydroxylation is 1. The normalized spacial score (nSPS) is 10.4. The molecule has 0 aliphatic heterocycles. The van der Waals surface area contributed by atoms with Crippen molar-refractivity contribution in [2.45, 2.75) is 20.3 Å². The molecule has 0 aliphatic carbocycles. The van der Waals surface area contributed by atoms with E-state index in [1.165, 1.54) is 11.3 Å². The van der Waals surface area contributed by atoms with Crippen LogP contribution in [-0.4, -0.2) is 20.7 Å². The average Bonchev–Trinajstić information content (AvgIpc) is 2.74. The smallest absolute Gasteiger partial charge is 0.171 e. The number of hydrogen-bond acceptors (Lipinski definition) is 5. The molecule has 0 saturated heterocycles. The van der Waals surface area contributed by atoms with E-state index in [0.717, 1.165) is 27.7 Å². The lowest BCUT2D eigenvalue weighted by atomic mass is 10.2. The fourth-order valence-electron chi connectivity index (χ4n) is 1.39. The standard InChI is InChI=1S/C11H11N3OS/c1-3-8-10(7(2)15)16-11(14-8)9-6-12-4-5-13-9/h4-6H,3H2,1-2H3. The van der Waals surface area contributed by atoms with Gasteiger partial charge in [0, 0.05) is 19.3 Å². The first-order valence-electron chi connectivity index (χ1n) is 4.99. The zero-order valence-corrected chi connectivity index (χ0v) is 9.91. The summed E-state index contributed by atoms with van der Waals surface area (Å²) in [5.41, 5.74) is 1.56. The van der Waals surface area contributed by atoms with Gasteiger partial charge in [0.25, 0.3) is 0 Å². The van der Waals surface area contributed by atoms with Crippen molar-refractivity contribution < 1.29 is 4.79 Å². The summed E-state index contributed by atoms with van der Waals surface area (Å²) in [4.78, 5) is 24.7. The number of nitrogens with zero attached hydrogens (tertiary/aromatic N) is 3. The van der Waals surface area contributed by atoms with Crippen molar-refractivity contribution in [2.24, 2.45) is 0 Å². The molecule has 2 heterocycles. The molecule has 5 heteroatoms. The monoisotopic (exact) mass is 233 g/mol. The van der Waals surface area contributed by atoms with Gasteiger partial charge in [-0.2, -0.15) is 0 Å². The minimum absolute atomic E-state index is 0.0597. The summed E-state index contributed by atoms with van der Waals surface area (Å²) < 4.78 is 0. The van der Waals surface area contributed by atoms with Crippen LogP contribution in [0.4, 0.5) is 0 Å². The van der Waals surface area contributed by atoms with Crippen molar-refractivity contribution in [3.63, 3.8) is 0 Å². The molecule has 0 radical (unpaired) electrons. The van der Waals surface area contributed by atoms with Crippen LogP contribution in [0.25, 0.3) is 10.7 Å². The van der Waals surface area contributed by atoms with Crippen LogP contribution >= 0.6 is 11.3 Å². The van der Waals surface area contributed by atoms with Crippen LogP contribution in [0.2, 0.25) is 0 Å². The molecule has 2 aromatic rings. The first-order chi connectivity index (χ1) is 7.72. The van der Waals surface area contributed by atoms with Gasteiger partial charge in [-0.3, -0.25) is 14.8 Å². The Labute approximate surface area is 97.4 Å². The van der Waals surface area contributed by atoms with Crippen LogP contribution in [0.15, 0.2) is 18.6 Å². The number of ketones is 1. The zero-order valence-electron chi connectivity index (χ0n) is 9.10. The average molecular weight is 233 g/mol. The highest BCUT2D eigenvalue weighted by atomic mass is 32.1. The summed E-state index contributed by atoms with van der Waals surface area (Å²) in [5.74, 6) is 0.0597. The van der Waals surface area contributed by atoms with Gasteiger partial charge < -0.3 is 0 Å². The van der Waals surface area contributed by atoms with Crippen molar-refractivity contribution >= 4 is 17.1 Å². The minimum atomic E-state index is 0.0597. The van der Waals surface area contributed by atoms with E-state index in [4.69, 9.17) is 0 Å². The van der Waals surface area contributed by atoms with Gasteiger partial charge in [0.1, 0.15) is 10.7 Å². The Hall–Kier alpha value is -1.62. The third kappa shape index (κ3) is 1.99. The van der Waals surface area contributed by atoms with Gasteiger partial charge in [0.05, 0.1) is 16.8 Å². The molecule has 0 N–H and O–H groups in total. The molecular weight excluding hydrogens is 222 g/mol. The van der Waals surface area contributed by atoms with Crippen LogP contribution in [0.5, 0.6) is 0 Å². The summed E-state index contributed by atoms with van der Waals surface area (Å²) in [6, 6.07) is 0. The lowest BCUT2D eigenvalue weighted by Crippen LogP contribution is -1.93. The Bertz CT molecular complexity index is 507. The minimum Gasteiger partial charge on any atom is -0.294 e. The third-order valence-electron chi connectivity index (χ3n) is 2.13. The van der Waals surface area contributed by atoms with E-state index in [1.54, 1.807) is 25.5 Å². The molecule has 0 unspecified atom stereocenters. The number of thiazole rings is 1. The molecule has 82 valence electrons. The lowest BCUT2D eigenvalue weighted by Gasteiger charge is -1.91. The first-order valence-corrected chi connectivity index (χ1v) is 5.81. The molecule has 0 bridgehead atoms. The van der Waals surface area contributed by atoms with Crippen molar-refractivity contribution in [1.82, 2.24) is 15.0 Å². The third-order valence-corrected chi connectivity index (χ3v) is 3.36. The van der Waals surface area contributed by atoms with Gasteiger partial charge in [-0.05, 0) is 6.42 Å². The van der Waals surface area contributed by atoms with E-state index in [-0.39, 0.29) is 5.78 Å². The van der Waals surface area contributed by atoms with Gasteiger partial charge >= 0.3 is 0 Å². The fourth-order valence-corrected chi connectivity index (χ4v) is 2.40. The quantitative estimate of drug-likeness (QED) is 0.764. The van der Waals surface area contributed by atoms with Gasteiger partial charge in [0.15, 0.2) is 5.78 Å². The zero-order chi connectivity index (χ0) is 11.5. The molecule has 0 spiro atoms. The highest BCUT2D eigenvalue weighted by Gasteiger charge is 2.15. The second kappa shape index (κ2) is 4.49. The number of carbonyl (C=O) groups excluding carboxylic acids is 1. The Morgan fingerprint density at radius 1 is 1.44 bits per heavy atom. The maximum atomic E-state index is 11.4. The van der Waals surface area contributed by atoms with Crippen molar-refractivity contribution in [3.8, 4) is 10.7 Å². The van der Waals surface area contributed by atoms with Gasteiger partial charge in [-0.15, -0.1) is 11.3 Å². The number of aromatic nitrogens is 3. The van der Waals surface area contributed by atoms with E-state index >= 15 is 0 Å². The predicted octanol–water partition coefficient (Wildman–Crippen LogP) is 2.37. The first kappa shape index (κ1) is 10.9. The van der Waals surface area contributed by atoms with Crippen molar-refractivity contribution in [2.75, 3.05) is 0 Å². The molecule has 4 nitrogen and oxygen atoms in total. The van der Waals surface area contributed by atoms with Crippen LogP contribution in [0, 0.1) is 0 Å². The summed E-state index contributed by atoms with van der Waals surface area (Å²) in [7, 11) is 0. The van der Waals surface area contributed by atoms with Crippen molar-refractivity contribution in [1.29, 1.82) is 0 Å². The van der Waals surface area contributed by atoms with E-state index < -0.39 is 0 Å². The Morgan fingerprint density at radius 2 is 2.25 bits per heavy atom. The summed E-state index contributed by atoms with van der Waals surface area (Å²) in [5, 5.41) is 0.759. The molecule has 0 atom stereocenters. The maximum absolute atomic E-state index is 11.4. The lowest BCUT2D eigenvalue weighted by molar-refractivity contribution is 0.102. The van der Waals surface area contributed by atoms with Crippen molar-refractivity contribution in [3.05, 3.63) is 29.2 Å². The Kier molecular flexibility index (Phi) is 3.05. The molecule has 2 aromatic heterocycles.